The first-order chi connectivity index (χ1) is 8.81. The minimum atomic E-state index is 0.434. The van der Waals surface area contributed by atoms with Gasteiger partial charge in [-0.1, -0.05) is 37.3 Å². The summed E-state index contributed by atoms with van der Waals surface area (Å²) in [5, 5.41) is 5.72. The molecule has 1 atom stereocenters. The van der Waals surface area contributed by atoms with Gasteiger partial charge in [0.15, 0.2) is 0 Å². The highest BCUT2D eigenvalue weighted by Crippen LogP contribution is 2.29. The zero-order chi connectivity index (χ0) is 12.8. The van der Waals surface area contributed by atoms with Crippen molar-refractivity contribution >= 4 is 23.1 Å². The second kappa shape index (κ2) is 6.98. The summed E-state index contributed by atoms with van der Waals surface area (Å²) in [6.07, 6.45) is 0. The molecule has 0 aliphatic carbocycles. The smallest absolute Gasteiger partial charge is 0.0599 e. The number of hydrogen-bond acceptors (Lipinski definition) is 3. The predicted octanol–water partition coefficient (Wildman–Crippen LogP) is 4.50. The Bertz CT molecular complexity index is 465. The van der Waals surface area contributed by atoms with Crippen LogP contribution in [0.25, 0.3) is 0 Å². The molecule has 1 heterocycles. The first-order valence-electron chi connectivity index (χ1n) is 6.26. The zero-order valence-corrected chi connectivity index (χ0v) is 12.5. The van der Waals surface area contributed by atoms with Crippen LogP contribution in [0.4, 0.5) is 0 Å². The highest BCUT2D eigenvalue weighted by Gasteiger charge is 2.12. The summed E-state index contributed by atoms with van der Waals surface area (Å²) in [4.78, 5) is 0. The van der Waals surface area contributed by atoms with Crippen LogP contribution in [0, 0.1) is 6.92 Å². The van der Waals surface area contributed by atoms with E-state index < -0.39 is 0 Å². The molecule has 0 bridgehead atoms. The molecule has 1 nitrogen and oxygen atoms in total. The van der Waals surface area contributed by atoms with Crippen molar-refractivity contribution in [1.82, 2.24) is 5.32 Å². The largest absolute Gasteiger partial charge is 0.309 e. The SMILES string of the molecule is CCNC(CSc1cccs1)c1ccccc1C. The van der Waals surface area contributed by atoms with Crippen LogP contribution in [0.5, 0.6) is 0 Å². The van der Waals surface area contributed by atoms with Gasteiger partial charge in [-0.3, -0.25) is 0 Å². The number of thiophene rings is 1. The fourth-order valence-corrected chi connectivity index (χ4v) is 3.89. The maximum atomic E-state index is 3.59. The Morgan fingerprint density at radius 1 is 1.22 bits per heavy atom. The highest BCUT2D eigenvalue weighted by molar-refractivity contribution is 8.01. The van der Waals surface area contributed by atoms with Crippen molar-refractivity contribution < 1.29 is 0 Å². The molecular formula is C15H19NS2. The Labute approximate surface area is 118 Å². The molecule has 18 heavy (non-hydrogen) atoms. The van der Waals surface area contributed by atoms with Crippen LogP contribution in [0.3, 0.4) is 0 Å². The van der Waals surface area contributed by atoms with Crippen molar-refractivity contribution in [3.63, 3.8) is 0 Å². The molecule has 96 valence electrons. The molecule has 2 rings (SSSR count). The monoisotopic (exact) mass is 277 g/mol. The molecule has 1 aromatic heterocycles. The molecule has 0 saturated carbocycles. The van der Waals surface area contributed by atoms with Crippen LogP contribution >= 0.6 is 23.1 Å². The van der Waals surface area contributed by atoms with E-state index in [2.05, 4.69) is 60.9 Å². The molecular weight excluding hydrogens is 258 g/mol. The number of benzene rings is 1. The van der Waals surface area contributed by atoms with Gasteiger partial charge in [0, 0.05) is 11.8 Å². The lowest BCUT2D eigenvalue weighted by Gasteiger charge is -2.19. The molecule has 1 unspecified atom stereocenters. The fourth-order valence-electron chi connectivity index (χ4n) is 1.99. The number of hydrogen-bond donors (Lipinski definition) is 1. The Hall–Kier alpha value is -0.770. The van der Waals surface area contributed by atoms with Crippen LogP contribution in [-0.2, 0) is 0 Å². The molecule has 0 fully saturated rings. The van der Waals surface area contributed by atoms with Gasteiger partial charge in [-0.25, -0.2) is 0 Å². The maximum Gasteiger partial charge on any atom is 0.0599 e. The summed E-state index contributed by atoms with van der Waals surface area (Å²) in [6, 6.07) is 13.4. The third kappa shape index (κ3) is 3.61. The van der Waals surface area contributed by atoms with Crippen molar-refractivity contribution in [3.8, 4) is 0 Å². The Kier molecular flexibility index (Phi) is 5.29. The molecule has 0 spiro atoms. The van der Waals surface area contributed by atoms with E-state index in [1.165, 1.54) is 15.3 Å². The molecule has 0 saturated heterocycles. The van der Waals surface area contributed by atoms with Crippen molar-refractivity contribution in [2.75, 3.05) is 12.3 Å². The highest BCUT2D eigenvalue weighted by atomic mass is 32.2. The van der Waals surface area contributed by atoms with Gasteiger partial charge < -0.3 is 5.32 Å². The third-order valence-corrected chi connectivity index (χ3v) is 5.13. The van der Waals surface area contributed by atoms with E-state index in [0.717, 1.165) is 12.3 Å². The topological polar surface area (TPSA) is 12.0 Å². The van der Waals surface area contributed by atoms with Gasteiger partial charge in [-0.15, -0.1) is 23.1 Å². The molecule has 3 heteroatoms. The number of rotatable bonds is 6. The first kappa shape index (κ1) is 13.7. The van der Waals surface area contributed by atoms with Crippen LogP contribution in [-0.4, -0.2) is 12.3 Å². The van der Waals surface area contributed by atoms with Crippen molar-refractivity contribution in [1.29, 1.82) is 0 Å². The molecule has 0 radical (unpaired) electrons. The summed E-state index contributed by atoms with van der Waals surface area (Å²) in [7, 11) is 0. The maximum absolute atomic E-state index is 3.59. The second-order valence-electron chi connectivity index (χ2n) is 4.21. The molecule has 0 aliphatic heterocycles. The van der Waals surface area contributed by atoms with Gasteiger partial charge in [0.1, 0.15) is 0 Å². The van der Waals surface area contributed by atoms with Crippen molar-refractivity contribution in [3.05, 3.63) is 52.9 Å². The number of nitrogens with one attached hydrogen (secondary N) is 1. The summed E-state index contributed by atoms with van der Waals surface area (Å²) in [5.41, 5.74) is 2.79. The van der Waals surface area contributed by atoms with E-state index in [9.17, 15) is 0 Å². The van der Waals surface area contributed by atoms with Crippen LogP contribution in [0.2, 0.25) is 0 Å². The lowest BCUT2D eigenvalue weighted by Crippen LogP contribution is -2.23. The lowest BCUT2D eigenvalue weighted by molar-refractivity contribution is 0.603. The van der Waals surface area contributed by atoms with E-state index in [1.54, 1.807) is 0 Å². The van der Waals surface area contributed by atoms with Gasteiger partial charge >= 0.3 is 0 Å². The van der Waals surface area contributed by atoms with Gasteiger partial charge in [-0.2, -0.15) is 0 Å². The average Bonchev–Trinajstić information content (AvgIpc) is 2.88. The summed E-state index contributed by atoms with van der Waals surface area (Å²) in [6.45, 7) is 5.36. The number of thioether (sulfide) groups is 1. The lowest BCUT2D eigenvalue weighted by atomic mass is 10.0. The normalized spacial score (nSPS) is 12.6. The second-order valence-corrected chi connectivity index (χ2v) is 6.48. The molecule has 0 aliphatic rings. The van der Waals surface area contributed by atoms with Gasteiger partial charge in [0.25, 0.3) is 0 Å². The zero-order valence-electron chi connectivity index (χ0n) is 10.8. The molecule has 1 aromatic carbocycles. The van der Waals surface area contributed by atoms with Crippen LogP contribution in [0.1, 0.15) is 24.1 Å². The van der Waals surface area contributed by atoms with Crippen LogP contribution in [0.15, 0.2) is 46.0 Å². The summed E-state index contributed by atoms with van der Waals surface area (Å²) in [5.74, 6) is 1.08. The molecule has 2 aromatic rings. The van der Waals surface area contributed by atoms with E-state index in [4.69, 9.17) is 0 Å². The quantitative estimate of drug-likeness (QED) is 0.780. The summed E-state index contributed by atoms with van der Waals surface area (Å²) < 4.78 is 1.39. The van der Waals surface area contributed by atoms with Crippen molar-refractivity contribution in [2.45, 2.75) is 24.1 Å². The van der Waals surface area contributed by atoms with Crippen LogP contribution < -0.4 is 5.32 Å². The Morgan fingerprint density at radius 2 is 2.06 bits per heavy atom. The van der Waals surface area contributed by atoms with Gasteiger partial charge in [-0.05, 0) is 36.0 Å². The van der Waals surface area contributed by atoms with Gasteiger partial charge in [0.2, 0.25) is 0 Å². The predicted molar refractivity (Wildman–Crippen MR) is 82.6 cm³/mol. The first-order valence-corrected chi connectivity index (χ1v) is 8.13. The summed E-state index contributed by atoms with van der Waals surface area (Å²) >= 11 is 3.75. The van der Waals surface area contributed by atoms with E-state index in [1.807, 2.05) is 23.1 Å². The standard InChI is InChI=1S/C15H19NS2/c1-3-16-14(11-18-15-9-6-10-17-15)13-8-5-4-7-12(13)2/h4-10,14,16H,3,11H2,1-2H3. The minimum absolute atomic E-state index is 0.434. The van der Waals surface area contributed by atoms with E-state index in [-0.39, 0.29) is 0 Å². The third-order valence-electron chi connectivity index (χ3n) is 2.90. The van der Waals surface area contributed by atoms with Crippen molar-refractivity contribution in [2.24, 2.45) is 0 Å². The number of aryl methyl sites for hydroxylation is 1. The Balaban J connectivity index is 2.06. The Morgan fingerprint density at radius 3 is 2.72 bits per heavy atom. The minimum Gasteiger partial charge on any atom is -0.309 e. The molecule has 0 amide bonds. The fraction of sp³-hybridized carbons (Fsp3) is 0.333. The van der Waals surface area contributed by atoms with E-state index in [0.29, 0.717) is 6.04 Å². The molecule has 1 N–H and O–H groups in total. The average molecular weight is 277 g/mol. The van der Waals surface area contributed by atoms with E-state index >= 15 is 0 Å². The van der Waals surface area contributed by atoms with Gasteiger partial charge in [0.05, 0.1) is 4.21 Å².